The third-order valence-electron chi connectivity index (χ3n) is 3.23. The Bertz CT molecular complexity index is 605. The molecule has 0 aromatic heterocycles. The standard InChI is InChI=1S/C17H16BrFO/c1-2-3-5-12-8-10-13(11-9-12)17(20)14-6-4-7-15(18)16(14)19/h4,6-11H,2-3,5H2,1H3. The van der Waals surface area contributed by atoms with Gasteiger partial charge in [-0.2, -0.15) is 0 Å². The average molecular weight is 335 g/mol. The van der Waals surface area contributed by atoms with Crippen molar-refractivity contribution in [3.63, 3.8) is 0 Å². The molecule has 20 heavy (non-hydrogen) atoms. The zero-order valence-electron chi connectivity index (χ0n) is 11.3. The van der Waals surface area contributed by atoms with Crippen LogP contribution < -0.4 is 0 Å². The molecule has 0 fully saturated rings. The third kappa shape index (κ3) is 3.34. The Hall–Kier alpha value is -1.48. The van der Waals surface area contributed by atoms with Gasteiger partial charge in [0, 0.05) is 5.56 Å². The fourth-order valence-electron chi connectivity index (χ4n) is 2.04. The number of carbonyl (C=O) groups is 1. The first-order valence-electron chi connectivity index (χ1n) is 6.71. The number of hydrogen-bond donors (Lipinski definition) is 0. The van der Waals surface area contributed by atoms with Crippen molar-refractivity contribution < 1.29 is 9.18 Å². The summed E-state index contributed by atoms with van der Waals surface area (Å²) in [5.41, 5.74) is 1.82. The van der Waals surface area contributed by atoms with Crippen LogP contribution in [-0.2, 0) is 6.42 Å². The molecule has 0 aliphatic carbocycles. The smallest absolute Gasteiger partial charge is 0.196 e. The molecule has 0 saturated carbocycles. The van der Waals surface area contributed by atoms with E-state index in [1.807, 2.05) is 12.1 Å². The summed E-state index contributed by atoms with van der Waals surface area (Å²) in [6.45, 7) is 2.15. The first-order valence-corrected chi connectivity index (χ1v) is 7.50. The zero-order valence-corrected chi connectivity index (χ0v) is 12.9. The molecule has 0 aliphatic heterocycles. The number of aryl methyl sites for hydroxylation is 1. The summed E-state index contributed by atoms with van der Waals surface area (Å²) in [6.07, 6.45) is 3.29. The van der Waals surface area contributed by atoms with Crippen LogP contribution in [0.4, 0.5) is 4.39 Å². The van der Waals surface area contributed by atoms with E-state index in [4.69, 9.17) is 0 Å². The second-order valence-corrected chi connectivity index (χ2v) is 5.59. The number of hydrogen-bond acceptors (Lipinski definition) is 1. The minimum absolute atomic E-state index is 0.0979. The molecule has 0 atom stereocenters. The summed E-state index contributed by atoms with van der Waals surface area (Å²) in [5, 5.41) is 0. The van der Waals surface area contributed by atoms with Crippen molar-refractivity contribution in [1.82, 2.24) is 0 Å². The van der Waals surface area contributed by atoms with Gasteiger partial charge in [-0.3, -0.25) is 4.79 Å². The molecule has 0 N–H and O–H groups in total. The predicted octanol–water partition coefficient (Wildman–Crippen LogP) is 5.16. The molecule has 1 nitrogen and oxygen atoms in total. The van der Waals surface area contributed by atoms with Gasteiger partial charge in [0.05, 0.1) is 10.0 Å². The molecular formula is C17H16BrFO. The van der Waals surface area contributed by atoms with Gasteiger partial charge in [0.2, 0.25) is 0 Å². The summed E-state index contributed by atoms with van der Waals surface area (Å²) in [6, 6.07) is 12.2. The lowest BCUT2D eigenvalue weighted by Crippen LogP contribution is -2.04. The molecule has 0 spiro atoms. The van der Waals surface area contributed by atoms with Crippen molar-refractivity contribution in [3.8, 4) is 0 Å². The van der Waals surface area contributed by atoms with Crippen LogP contribution in [0.1, 0.15) is 41.3 Å². The van der Waals surface area contributed by atoms with Gasteiger partial charge in [-0.05, 0) is 46.5 Å². The van der Waals surface area contributed by atoms with E-state index >= 15 is 0 Å². The highest BCUT2D eigenvalue weighted by atomic mass is 79.9. The van der Waals surface area contributed by atoms with Crippen molar-refractivity contribution in [2.24, 2.45) is 0 Å². The van der Waals surface area contributed by atoms with Crippen LogP contribution in [0.25, 0.3) is 0 Å². The van der Waals surface area contributed by atoms with Crippen molar-refractivity contribution in [2.45, 2.75) is 26.2 Å². The lowest BCUT2D eigenvalue weighted by Gasteiger charge is -2.05. The molecule has 0 unspecified atom stereocenters. The van der Waals surface area contributed by atoms with E-state index in [1.165, 1.54) is 11.6 Å². The summed E-state index contributed by atoms with van der Waals surface area (Å²) < 4.78 is 14.2. The van der Waals surface area contributed by atoms with Crippen molar-refractivity contribution in [1.29, 1.82) is 0 Å². The Labute approximate surface area is 127 Å². The van der Waals surface area contributed by atoms with E-state index in [-0.39, 0.29) is 11.3 Å². The molecule has 0 aliphatic rings. The molecule has 0 radical (unpaired) electrons. The molecule has 104 valence electrons. The fourth-order valence-corrected chi connectivity index (χ4v) is 2.40. The van der Waals surface area contributed by atoms with Crippen LogP contribution in [0.3, 0.4) is 0 Å². The van der Waals surface area contributed by atoms with Gasteiger partial charge in [0.15, 0.2) is 5.78 Å². The number of benzene rings is 2. The fraction of sp³-hybridized carbons (Fsp3) is 0.235. The molecule has 0 saturated heterocycles. The van der Waals surface area contributed by atoms with Crippen molar-refractivity contribution in [3.05, 3.63) is 69.4 Å². The van der Waals surface area contributed by atoms with Gasteiger partial charge >= 0.3 is 0 Å². The number of rotatable bonds is 5. The Morgan fingerprint density at radius 1 is 1.15 bits per heavy atom. The Kier molecular flexibility index (Phi) is 5.07. The Balaban J connectivity index is 2.23. The maximum Gasteiger partial charge on any atom is 0.196 e. The minimum Gasteiger partial charge on any atom is -0.288 e. The molecule has 0 bridgehead atoms. The summed E-state index contributed by atoms with van der Waals surface area (Å²) in [5.74, 6) is -0.793. The van der Waals surface area contributed by atoms with Crippen LogP contribution in [0.2, 0.25) is 0 Å². The predicted molar refractivity (Wildman–Crippen MR) is 82.6 cm³/mol. The second kappa shape index (κ2) is 6.80. The minimum atomic E-state index is -0.507. The van der Waals surface area contributed by atoms with Crippen LogP contribution in [0, 0.1) is 5.82 Å². The number of halogens is 2. The average Bonchev–Trinajstić information content (AvgIpc) is 2.48. The zero-order chi connectivity index (χ0) is 14.5. The van der Waals surface area contributed by atoms with Crippen LogP contribution in [-0.4, -0.2) is 5.78 Å². The van der Waals surface area contributed by atoms with Gasteiger partial charge in [-0.15, -0.1) is 0 Å². The van der Waals surface area contributed by atoms with E-state index in [1.54, 1.807) is 24.3 Å². The number of carbonyl (C=O) groups excluding carboxylic acids is 1. The van der Waals surface area contributed by atoms with Crippen LogP contribution >= 0.6 is 15.9 Å². The van der Waals surface area contributed by atoms with Crippen LogP contribution in [0.15, 0.2) is 46.9 Å². The topological polar surface area (TPSA) is 17.1 Å². The van der Waals surface area contributed by atoms with Crippen LogP contribution in [0.5, 0.6) is 0 Å². The lowest BCUT2D eigenvalue weighted by atomic mass is 10.00. The second-order valence-electron chi connectivity index (χ2n) is 4.73. The SMILES string of the molecule is CCCCc1ccc(C(=O)c2cccc(Br)c2F)cc1. The molecular weight excluding hydrogens is 319 g/mol. The van der Waals surface area contributed by atoms with Crippen molar-refractivity contribution >= 4 is 21.7 Å². The third-order valence-corrected chi connectivity index (χ3v) is 3.84. The van der Waals surface area contributed by atoms with Crippen molar-refractivity contribution in [2.75, 3.05) is 0 Å². The summed E-state index contributed by atoms with van der Waals surface area (Å²) in [4.78, 5) is 12.3. The van der Waals surface area contributed by atoms with E-state index in [0.717, 1.165) is 19.3 Å². The van der Waals surface area contributed by atoms with E-state index in [9.17, 15) is 9.18 Å². The normalized spacial score (nSPS) is 10.6. The van der Waals surface area contributed by atoms with Gasteiger partial charge in [-0.1, -0.05) is 43.7 Å². The van der Waals surface area contributed by atoms with Gasteiger partial charge in [-0.25, -0.2) is 4.39 Å². The molecule has 0 heterocycles. The monoisotopic (exact) mass is 334 g/mol. The summed E-state index contributed by atoms with van der Waals surface area (Å²) >= 11 is 3.10. The number of ketones is 1. The molecule has 2 aromatic rings. The Morgan fingerprint density at radius 2 is 1.85 bits per heavy atom. The lowest BCUT2D eigenvalue weighted by molar-refractivity contribution is 0.103. The highest BCUT2D eigenvalue weighted by Gasteiger charge is 2.15. The highest BCUT2D eigenvalue weighted by molar-refractivity contribution is 9.10. The van der Waals surface area contributed by atoms with E-state index < -0.39 is 5.82 Å². The van der Waals surface area contributed by atoms with Gasteiger partial charge in [0.25, 0.3) is 0 Å². The van der Waals surface area contributed by atoms with Gasteiger partial charge in [0.1, 0.15) is 5.82 Å². The van der Waals surface area contributed by atoms with E-state index in [2.05, 4.69) is 22.9 Å². The molecule has 2 aromatic carbocycles. The first kappa shape index (κ1) is 14.9. The summed E-state index contributed by atoms with van der Waals surface area (Å²) in [7, 11) is 0. The quantitative estimate of drug-likeness (QED) is 0.690. The largest absolute Gasteiger partial charge is 0.288 e. The van der Waals surface area contributed by atoms with Gasteiger partial charge < -0.3 is 0 Å². The maximum absolute atomic E-state index is 13.9. The molecule has 3 heteroatoms. The molecule has 0 amide bonds. The maximum atomic E-state index is 13.9. The first-order chi connectivity index (χ1) is 9.63. The highest BCUT2D eigenvalue weighted by Crippen LogP contribution is 2.21. The number of unbranched alkanes of at least 4 members (excludes halogenated alkanes) is 1. The Morgan fingerprint density at radius 3 is 2.50 bits per heavy atom. The molecule has 2 rings (SSSR count). The van der Waals surface area contributed by atoms with E-state index in [0.29, 0.717) is 10.0 Å².